The van der Waals surface area contributed by atoms with E-state index in [9.17, 15) is 13.9 Å². The number of hydrogen-bond acceptors (Lipinski definition) is 2. The van der Waals surface area contributed by atoms with Gasteiger partial charge in [-0.2, -0.15) is 0 Å². The number of aryl methyl sites for hydroxylation is 1. The van der Waals surface area contributed by atoms with E-state index in [1.54, 1.807) is 18.2 Å². The third-order valence-electron chi connectivity index (χ3n) is 3.02. The van der Waals surface area contributed by atoms with Crippen LogP contribution in [0.5, 0.6) is 0 Å². The highest BCUT2D eigenvalue weighted by atomic mass is 32.2. The summed E-state index contributed by atoms with van der Waals surface area (Å²) in [5.74, 6) is -0.0131. The maximum Gasteiger partial charge on any atom is 0.123 e. The summed E-state index contributed by atoms with van der Waals surface area (Å²) in [5.41, 5.74) is 1.79. The zero-order valence-corrected chi connectivity index (χ0v) is 12.0. The quantitative estimate of drug-likeness (QED) is 0.842. The first-order valence-electron chi connectivity index (χ1n) is 6.36. The molecule has 0 spiro atoms. The minimum absolute atomic E-state index is 0.263. The molecular formula is C16H16F2OS. The number of hydrogen-bond donors (Lipinski definition) is 1. The second kappa shape index (κ2) is 6.86. The van der Waals surface area contributed by atoms with E-state index in [-0.39, 0.29) is 11.6 Å². The zero-order chi connectivity index (χ0) is 14.5. The summed E-state index contributed by atoms with van der Waals surface area (Å²) in [6.45, 7) is 1.83. The van der Waals surface area contributed by atoms with Crippen LogP contribution in [0, 0.1) is 18.6 Å². The number of aliphatic hydroxyl groups excluding tert-OH is 1. The normalized spacial score (nSPS) is 12.4. The van der Waals surface area contributed by atoms with Gasteiger partial charge in [0.25, 0.3) is 0 Å². The molecule has 0 bridgehead atoms. The Morgan fingerprint density at radius 3 is 2.35 bits per heavy atom. The van der Waals surface area contributed by atoms with Gasteiger partial charge < -0.3 is 5.11 Å². The molecule has 0 radical (unpaired) electrons. The summed E-state index contributed by atoms with van der Waals surface area (Å²) in [5, 5.41) is 10.0. The Morgan fingerprint density at radius 2 is 1.70 bits per heavy atom. The fraction of sp³-hybridized carbons (Fsp3) is 0.250. The average Bonchev–Trinajstić information content (AvgIpc) is 2.41. The first-order chi connectivity index (χ1) is 9.54. The van der Waals surface area contributed by atoms with Crippen LogP contribution in [0.15, 0.2) is 47.4 Å². The Bertz CT molecular complexity index is 569. The number of benzene rings is 2. The van der Waals surface area contributed by atoms with Crippen molar-refractivity contribution < 1.29 is 13.9 Å². The van der Waals surface area contributed by atoms with Crippen molar-refractivity contribution >= 4 is 11.8 Å². The Labute approximate surface area is 121 Å². The molecule has 2 aromatic carbocycles. The first-order valence-corrected chi connectivity index (χ1v) is 7.34. The third-order valence-corrected chi connectivity index (χ3v) is 4.17. The van der Waals surface area contributed by atoms with Crippen molar-refractivity contribution in [3.8, 4) is 0 Å². The summed E-state index contributed by atoms with van der Waals surface area (Å²) < 4.78 is 25.8. The molecule has 0 saturated heterocycles. The Balaban J connectivity index is 1.89. The van der Waals surface area contributed by atoms with Crippen molar-refractivity contribution in [2.75, 3.05) is 5.75 Å². The number of halogens is 2. The molecule has 1 nitrogen and oxygen atoms in total. The highest BCUT2D eigenvalue weighted by Gasteiger charge is 2.09. The lowest BCUT2D eigenvalue weighted by molar-refractivity contribution is 0.200. The second-order valence-electron chi connectivity index (χ2n) is 4.69. The highest BCUT2D eigenvalue weighted by Crippen LogP contribution is 2.21. The summed E-state index contributed by atoms with van der Waals surface area (Å²) >= 11 is 1.47. The number of thioether (sulfide) groups is 1. The van der Waals surface area contributed by atoms with Crippen molar-refractivity contribution in [1.82, 2.24) is 0 Å². The van der Waals surface area contributed by atoms with E-state index in [1.807, 2.05) is 6.92 Å². The van der Waals surface area contributed by atoms with Gasteiger partial charge in [0.05, 0.1) is 6.10 Å². The van der Waals surface area contributed by atoms with Crippen molar-refractivity contribution in [2.45, 2.75) is 24.3 Å². The van der Waals surface area contributed by atoms with Gasteiger partial charge in [0, 0.05) is 10.6 Å². The summed E-state index contributed by atoms with van der Waals surface area (Å²) in [4.78, 5) is 0.918. The fourth-order valence-corrected chi connectivity index (χ4v) is 2.76. The Hall–Kier alpha value is -1.39. The van der Waals surface area contributed by atoms with Crippen LogP contribution in [0.25, 0.3) is 0 Å². The number of aliphatic hydroxyl groups is 1. The van der Waals surface area contributed by atoms with Gasteiger partial charge in [-0.25, -0.2) is 8.78 Å². The molecule has 2 rings (SSSR count). The molecular weight excluding hydrogens is 278 g/mol. The van der Waals surface area contributed by atoms with Gasteiger partial charge >= 0.3 is 0 Å². The molecule has 106 valence electrons. The minimum atomic E-state index is -0.519. The van der Waals surface area contributed by atoms with Crippen LogP contribution in [0.1, 0.15) is 11.1 Å². The lowest BCUT2D eigenvalue weighted by Gasteiger charge is -2.12. The van der Waals surface area contributed by atoms with Crippen LogP contribution in [-0.2, 0) is 6.42 Å². The fourth-order valence-electron chi connectivity index (χ4n) is 1.92. The van der Waals surface area contributed by atoms with Crippen LogP contribution >= 0.6 is 11.8 Å². The lowest BCUT2D eigenvalue weighted by Crippen LogP contribution is -2.14. The summed E-state index contributed by atoms with van der Waals surface area (Å²) in [6.07, 6.45) is -0.0328. The van der Waals surface area contributed by atoms with Crippen molar-refractivity contribution in [3.05, 3.63) is 65.2 Å². The molecule has 0 aliphatic heterocycles. The van der Waals surface area contributed by atoms with E-state index in [2.05, 4.69) is 0 Å². The maximum absolute atomic E-state index is 13.0. The third kappa shape index (κ3) is 4.32. The monoisotopic (exact) mass is 294 g/mol. The molecule has 0 amide bonds. The van der Waals surface area contributed by atoms with E-state index in [0.29, 0.717) is 12.2 Å². The van der Waals surface area contributed by atoms with Crippen LogP contribution in [0.4, 0.5) is 8.78 Å². The smallest absolute Gasteiger partial charge is 0.123 e. The molecule has 0 aliphatic carbocycles. The van der Waals surface area contributed by atoms with Gasteiger partial charge in [-0.3, -0.25) is 0 Å². The molecule has 1 unspecified atom stereocenters. The zero-order valence-electron chi connectivity index (χ0n) is 11.1. The predicted molar refractivity (Wildman–Crippen MR) is 78.0 cm³/mol. The van der Waals surface area contributed by atoms with Gasteiger partial charge in [0.2, 0.25) is 0 Å². The first kappa shape index (κ1) is 15.0. The molecule has 0 aliphatic rings. The van der Waals surface area contributed by atoms with Crippen LogP contribution in [0.3, 0.4) is 0 Å². The Kier molecular flexibility index (Phi) is 5.15. The van der Waals surface area contributed by atoms with Gasteiger partial charge in [0.1, 0.15) is 11.6 Å². The van der Waals surface area contributed by atoms with E-state index in [0.717, 1.165) is 16.0 Å². The van der Waals surface area contributed by atoms with Gasteiger partial charge in [0.15, 0.2) is 0 Å². The van der Waals surface area contributed by atoms with Crippen molar-refractivity contribution in [2.24, 2.45) is 0 Å². The van der Waals surface area contributed by atoms with Crippen LogP contribution in [0.2, 0.25) is 0 Å². The Morgan fingerprint density at radius 1 is 1.05 bits per heavy atom. The predicted octanol–water partition coefficient (Wildman–Crippen LogP) is 3.97. The minimum Gasteiger partial charge on any atom is -0.392 e. The standard InChI is InChI=1S/C16H16F2OS/c1-11-8-14(18)3-2-12(11)9-15(19)10-20-16-6-4-13(17)5-7-16/h2-8,15,19H,9-10H2,1H3. The van der Waals surface area contributed by atoms with Gasteiger partial charge in [-0.15, -0.1) is 11.8 Å². The topological polar surface area (TPSA) is 20.2 Å². The van der Waals surface area contributed by atoms with E-state index in [1.165, 1.54) is 36.0 Å². The molecule has 0 aromatic heterocycles. The largest absolute Gasteiger partial charge is 0.392 e. The van der Waals surface area contributed by atoms with E-state index in [4.69, 9.17) is 0 Å². The molecule has 0 saturated carbocycles. The van der Waals surface area contributed by atoms with Gasteiger partial charge in [-0.05, 0) is 60.9 Å². The molecule has 20 heavy (non-hydrogen) atoms. The summed E-state index contributed by atoms with van der Waals surface area (Å²) in [6, 6.07) is 10.8. The van der Waals surface area contributed by atoms with Crippen LogP contribution in [-0.4, -0.2) is 17.0 Å². The van der Waals surface area contributed by atoms with Crippen LogP contribution < -0.4 is 0 Å². The molecule has 4 heteroatoms. The van der Waals surface area contributed by atoms with Crippen molar-refractivity contribution in [3.63, 3.8) is 0 Å². The average molecular weight is 294 g/mol. The summed E-state index contributed by atoms with van der Waals surface area (Å²) in [7, 11) is 0. The number of rotatable bonds is 5. The molecule has 1 N–H and O–H groups in total. The van der Waals surface area contributed by atoms with E-state index >= 15 is 0 Å². The van der Waals surface area contributed by atoms with Gasteiger partial charge in [-0.1, -0.05) is 6.07 Å². The highest BCUT2D eigenvalue weighted by molar-refractivity contribution is 7.99. The maximum atomic E-state index is 13.0. The SMILES string of the molecule is Cc1cc(F)ccc1CC(O)CSc1ccc(F)cc1. The van der Waals surface area contributed by atoms with Crippen molar-refractivity contribution in [1.29, 1.82) is 0 Å². The molecule has 0 fully saturated rings. The molecule has 2 aromatic rings. The van der Waals surface area contributed by atoms with E-state index < -0.39 is 6.10 Å². The molecule has 1 atom stereocenters. The lowest BCUT2D eigenvalue weighted by atomic mass is 10.0. The second-order valence-corrected chi connectivity index (χ2v) is 5.79. The molecule has 0 heterocycles.